The van der Waals surface area contributed by atoms with Gasteiger partial charge in [0.2, 0.25) is 0 Å². The maximum absolute atomic E-state index is 8.72. The number of halogens is 1. The standard InChI is InChI=1S/C10H7ClN2S/c11-9-4-2-1-3-7(9)5-8(6-12)10(13)14/h1-5H,(H2,13,14)/b8-5+. The molecule has 0 aromatic heterocycles. The Morgan fingerprint density at radius 2 is 2.14 bits per heavy atom. The zero-order valence-corrected chi connectivity index (χ0v) is 8.77. The highest BCUT2D eigenvalue weighted by Crippen LogP contribution is 2.17. The van der Waals surface area contributed by atoms with Gasteiger partial charge in [0.15, 0.2) is 0 Å². The molecular formula is C10H7ClN2S. The Morgan fingerprint density at radius 3 is 2.64 bits per heavy atom. The van der Waals surface area contributed by atoms with Gasteiger partial charge >= 0.3 is 0 Å². The van der Waals surface area contributed by atoms with Gasteiger partial charge < -0.3 is 5.73 Å². The lowest BCUT2D eigenvalue weighted by Crippen LogP contribution is -2.09. The van der Waals surface area contributed by atoms with E-state index in [4.69, 9.17) is 34.8 Å². The maximum Gasteiger partial charge on any atom is 0.114 e. The van der Waals surface area contributed by atoms with Gasteiger partial charge in [0, 0.05) is 5.02 Å². The Hall–Kier alpha value is -1.37. The monoisotopic (exact) mass is 222 g/mol. The quantitative estimate of drug-likeness (QED) is 0.475. The van der Waals surface area contributed by atoms with Crippen LogP contribution in [0.15, 0.2) is 29.8 Å². The van der Waals surface area contributed by atoms with Crippen molar-refractivity contribution in [1.29, 1.82) is 5.26 Å². The first-order valence-corrected chi connectivity index (χ1v) is 4.60. The highest BCUT2D eigenvalue weighted by molar-refractivity contribution is 7.80. The number of thiocarbonyl (C=S) groups is 1. The van der Waals surface area contributed by atoms with E-state index in [1.807, 2.05) is 18.2 Å². The van der Waals surface area contributed by atoms with Crippen LogP contribution in [0.25, 0.3) is 6.08 Å². The second-order valence-corrected chi connectivity index (χ2v) is 3.40. The molecular weight excluding hydrogens is 216 g/mol. The zero-order valence-electron chi connectivity index (χ0n) is 7.20. The fraction of sp³-hybridized carbons (Fsp3) is 0. The van der Waals surface area contributed by atoms with E-state index in [0.29, 0.717) is 5.02 Å². The van der Waals surface area contributed by atoms with Crippen LogP contribution < -0.4 is 5.73 Å². The summed E-state index contributed by atoms with van der Waals surface area (Å²) in [6, 6.07) is 9.08. The number of rotatable bonds is 2. The van der Waals surface area contributed by atoms with Gasteiger partial charge in [-0.1, -0.05) is 42.0 Å². The summed E-state index contributed by atoms with van der Waals surface area (Å²) in [6.07, 6.45) is 1.57. The molecule has 0 fully saturated rings. The summed E-state index contributed by atoms with van der Waals surface area (Å²) in [5, 5.41) is 9.29. The minimum absolute atomic E-state index is 0.0763. The van der Waals surface area contributed by atoms with Crippen molar-refractivity contribution >= 4 is 34.9 Å². The van der Waals surface area contributed by atoms with Gasteiger partial charge in [-0.3, -0.25) is 0 Å². The van der Waals surface area contributed by atoms with Gasteiger partial charge in [-0.15, -0.1) is 0 Å². The van der Waals surface area contributed by atoms with Crippen LogP contribution in [-0.2, 0) is 0 Å². The highest BCUT2D eigenvalue weighted by Gasteiger charge is 2.01. The number of hydrogen-bond donors (Lipinski definition) is 1. The molecule has 1 aromatic rings. The van der Waals surface area contributed by atoms with Gasteiger partial charge in [-0.25, -0.2) is 0 Å². The van der Waals surface area contributed by atoms with Crippen molar-refractivity contribution < 1.29 is 0 Å². The molecule has 0 saturated heterocycles. The van der Waals surface area contributed by atoms with Crippen LogP contribution in [0, 0.1) is 11.3 Å². The maximum atomic E-state index is 8.72. The third-order valence-electron chi connectivity index (χ3n) is 1.59. The van der Waals surface area contributed by atoms with Gasteiger partial charge in [0.1, 0.15) is 11.1 Å². The normalized spacial score (nSPS) is 10.7. The molecule has 1 rings (SSSR count). The van der Waals surface area contributed by atoms with E-state index >= 15 is 0 Å². The zero-order chi connectivity index (χ0) is 10.6. The largest absolute Gasteiger partial charge is 0.389 e. The molecule has 0 heterocycles. The number of nitrogens with zero attached hydrogens (tertiary/aromatic N) is 1. The Kier molecular flexibility index (Phi) is 3.63. The van der Waals surface area contributed by atoms with Gasteiger partial charge in [-0.2, -0.15) is 5.26 Å². The summed E-state index contributed by atoms with van der Waals surface area (Å²) in [4.78, 5) is 0.0763. The van der Waals surface area contributed by atoms with E-state index < -0.39 is 0 Å². The smallest absolute Gasteiger partial charge is 0.114 e. The molecule has 0 amide bonds. The van der Waals surface area contributed by atoms with Gasteiger partial charge in [0.25, 0.3) is 0 Å². The van der Waals surface area contributed by atoms with Crippen LogP contribution >= 0.6 is 23.8 Å². The molecule has 0 saturated carbocycles. The third-order valence-corrected chi connectivity index (χ3v) is 2.16. The van der Waals surface area contributed by atoms with E-state index in [2.05, 4.69) is 0 Å². The lowest BCUT2D eigenvalue weighted by Gasteiger charge is -1.98. The summed E-state index contributed by atoms with van der Waals surface area (Å²) >= 11 is 10.6. The van der Waals surface area contributed by atoms with E-state index in [1.165, 1.54) is 0 Å². The molecule has 2 nitrogen and oxygen atoms in total. The Labute approximate surface area is 92.6 Å². The summed E-state index contributed by atoms with van der Waals surface area (Å²) in [5.41, 5.74) is 6.33. The first kappa shape index (κ1) is 10.7. The predicted molar refractivity (Wildman–Crippen MR) is 61.8 cm³/mol. The van der Waals surface area contributed by atoms with Crippen molar-refractivity contribution in [3.8, 4) is 6.07 Å². The summed E-state index contributed by atoms with van der Waals surface area (Å²) in [6.45, 7) is 0. The second-order valence-electron chi connectivity index (χ2n) is 2.56. The molecule has 14 heavy (non-hydrogen) atoms. The topological polar surface area (TPSA) is 49.8 Å². The molecule has 1 aromatic carbocycles. The fourth-order valence-corrected chi connectivity index (χ4v) is 1.20. The Morgan fingerprint density at radius 1 is 1.50 bits per heavy atom. The molecule has 0 bridgehead atoms. The van der Waals surface area contributed by atoms with Crippen molar-refractivity contribution in [3.63, 3.8) is 0 Å². The number of benzene rings is 1. The lowest BCUT2D eigenvalue weighted by molar-refractivity contribution is 1.51. The average molecular weight is 223 g/mol. The van der Waals surface area contributed by atoms with Crippen LogP contribution in [0.4, 0.5) is 0 Å². The van der Waals surface area contributed by atoms with Crippen molar-refractivity contribution in [2.24, 2.45) is 5.73 Å². The number of nitrogens with two attached hydrogens (primary N) is 1. The summed E-state index contributed by atoms with van der Waals surface area (Å²) in [5.74, 6) is 0. The van der Waals surface area contributed by atoms with E-state index in [0.717, 1.165) is 5.56 Å². The SMILES string of the molecule is N#C/C(=C\c1ccccc1Cl)C(N)=S. The van der Waals surface area contributed by atoms with Crippen LogP contribution in [0.3, 0.4) is 0 Å². The molecule has 0 spiro atoms. The predicted octanol–water partition coefficient (Wildman–Crippen LogP) is 2.53. The minimum atomic E-state index is 0.0763. The minimum Gasteiger partial charge on any atom is -0.389 e. The molecule has 0 aliphatic carbocycles. The molecule has 0 atom stereocenters. The summed E-state index contributed by atoms with van der Waals surface area (Å²) < 4.78 is 0. The van der Waals surface area contributed by atoms with E-state index in [-0.39, 0.29) is 10.6 Å². The Balaban J connectivity index is 3.15. The molecule has 0 aliphatic heterocycles. The van der Waals surface area contributed by atoms with Crippen LogP contribution in [0.2, 0.25) is 5.02 Å². The van der Waals surface area contributed by atoms with Crippen LogP contribution in [0.1, 0.15) is 5.56 Å². The first-order chi connectivity index (χ1) is 6.65. The fourth-order valence-electron chi connectivity index (χ4n) is 0.906. The Bertz CT molecular complexity index is 432. The van der Waals surface area contributed by atoms with Crippen molar-refractivity contribution in [2.45, 2.75) is 0 Å². The molecule has 70 valence electrons. The lowest BCUT2D eigenvalue weighted by atomic mass is 10.1. The van der Waals surface area contributed by atoms with Crippen molar-refractivity contribution in [3.05, 3.63) is 40.4 Å². The van der Waals surface area contributed by atoms with E-state index in [9.17, 15) is 0 Å². The van der Waals surface area contributed by atoms with Gasteiger partial charge in [0.05, 0.1) is 5.57 Å². The molecule has 0 unspecified atom stereocenters. The number of hydrogen-bond acceptors (Lipinski definition) is 2. The average Bonchev–Trinajstić information content (AvgIpc) is 2.16. The second kappa shape index (κ2) is 4.75. The molecule has 2 N–H and O–H groups in total. The molecule has 0 radical (unpaired) electrons. The van der Waals surface area contributed by atoms with Crippen LogP contribution in [-0.4, -0.2) is 4.99 Å². The molecule has 0 aliphatic rings. The highest BCUT2D eigenvalue weighted by atomic mass is 35.5. The van der Waals surface area contributed by atoms with E-state index in [1.54, 1.807) is 18.2 Å². The third kappa shape index (κ3) is 2.56. The summed E-state index contributed by atoms with van der Waals surface area (Å²) in [7, 11) is 0. The van der Waals surface area contributed by atoms with Crippen LogP contribution in [0.5, 0.6) is 0 Å². The van der Waals surface area contributed by atoms with Gasteiger partial charge in [-0.05, 0) is 17.7 Å². The number of nitriles is 1. The van der Waals surface area contributed by atoms with Crippen molar-refractivity contribution in [2.75, 3.05) is 0 Å². The van der Waals surface area contributed by atoms with Crippen molar-refractivity contribution in [1.82, 2.24) is 0 Å². The first-order valence-electron chi connectivity index (χ1n) is 3.81. The molecule has 4 heteroatoms.